The van der Waals surface area contributed by atoms with Crippen LogP contribution < -0.4 is 5.32 Å². The van der Waals surface area contributed by atoms with Crippen LogP contribution in [0.1, 0.15) is 17.7 Å². The third-order valence-corrected chi connectivity index (χ3v) is 4.52. The molecule has 132 valence electrons. The van der Waals surface area contributed by atoms with E-state index in [1.165, 1.54) is 0 Å². The molecular weight excluding hydrogens is 352 g/mol. The van der Waals surface area contributed by atoms with E-state index >= 15 is 0 Å². The number of nitrogens with one attached hydrogen (secondary N) is 1. The number of carbonyl (C=O) groups is 1. The van der Waals surface area contributed by atoms with Crippen LogP contribution in [-0.4, -0.2) is 17.0 Å². The molecule has 1 unspecified atom stereocenters. The van der Waals surface area contributed by atoms with Gasteiger partial charge >= 0.3 is 5.97 Å². The van der Waals surface area contributed by atoms with E-state index in [9.17, 15) is 4.79 Å². The highest BCUT2D eigenvalue weighted by molar-refractivity contribution is 6.30. The molecule has 2 aromatic carbocycles. The molecular formula is C20H17ClN2O3. The standard InChI is InChI=1S/C20H17ClN2O3/c21-15-8-6-14(7-9-15)19-23-18-17(26-19)11-10-16(22-18)20(24)25-12-13-4-2-1-3-5-13/h1-9,16,22H,10-12H2. The first-order chi connectivity index (χ1) is 12.7. The zero-order valence-electron chi connectivity index (χ0n) is 13.9. The molecule has 5 nitrogen and oxygen atoms in total. The largest absolute Gasteiger partial charge is 0.459 e. The molecule has 26 heavy (non-hydrogen) atoms. The highest BCUT2D eigenvalue weighted by Gasteiger charge is 2.29. The summed E-state index contributed by atoms with van der Waals surface area (Å²) in [5, 5.41) is 3.79. The molecule has 0 radical (unpaired) electrons. The summed E-state index contributed by atoms with van der Waals surface area (Å²) in [6, 6.07) is 16.5. The van der Waals surface area contributed by atoms with Gasteiger partial charge in [0.15, 0.2) is 5.82 Å². The Bertz CT molecular complexity index is 907. The van der Waals surface area contributed by atoms with Gasteiger partial charge in [0.1, 0.15) is 18.4 Å². The van der Waals surface area contributed by atoms with Crippen LogP contribution in [-0.2, 0) is 22.6 Å². The van der Waals surface area contributed by atoms with Crippen molar-refractivity contribution in [1.29, 1.82) is 0 Å². The fraction of sp³-hybridized carbons (Fsp3) is 0.200. The number of anilines is 1. The van der Waals surface area contributed by atoms with Crippen molar-refractivity contribution in [2.45, 2.75) is 25.5 Å². The van der Waals surface area contributed by atoms with Gasteiger partial charge in [0.25, 0.3) is 0 Å². The third kappa shape index (κ3) is 3.58. The molecule has 0 spiro atoms. The lowest BCUT2D eigenvalue weighted by atomic mass is 10.1. The van der Waals surface area contributed by atoms with E-state index in [2.05, 4.69) is 10.3 Å². The Morgan fingerprint density at radius 3 is 2.73 bits per heavy atom. The average molecular weight is 369 g/mol. The number of oxazole rings is 1. The van der Waals surface area contributed by atoms with Crippen LogP contribution in [0.3, 0.4) is 0 Å². The lowest BCUT2D eigenvalue weighted by Crippen LogP contribution is -2.34. The zero-order valence-corrected chi connectivity index (χ0v) is 14.7. The summed E-state index contributed by atoms with van der Waals surface area (Å²) in [7, 11) is 0. The maximum absolute atomic E-state index is 12.3. The Morgan fingerprint density at radius 2 is 1.96 bits per heavy atom. The van der Waals surface area contributed by atoms with E-state index in [1.54, 1.807) is 12.1 Å². The molecule has 3 aromatic rings. The minimum Gasteiger partial charge on any atom is -0.459 e. The topological polar surface area (TPSA) is 64.4 Å². The predicted octanol–water partition coefficient (Wildman–Crippen LogP) is 4.47. The van der Waals surface area contributed by atoms with Crippen LogP contribution in [0.15, 0.2) is 59.0 Å². The zero-order chi connectivity index (χ0) is 17.9. The van der Waals surface area contributed by atoms with Crippen LogP contribution in [0.5, 0.6) is 0 Å². The Balaban J connectivity index is 1.42. The Hall–Kier alpha value is -2.79. The van der Waals surface area contributed by atoms with E-state index in [1.807, 2.05) is 42.5 Å². The van der Waals surface area contributed by atoms with E-state index in [4.69, 9.17) is 20.8 Å². The summed E-state index contributed by atoms with van der Waals surface area (Å²) in [6.45, 7) is 0.263. The van der Waals surface area contributed by atoms with E-state index in [0.717, 1.165) is 16.9 Å². The summed E-state index contributed by atoms with van der Waals surface area (Å²) in [6.07, 6.45) is 1.24. The fourth-order valence-corrected chi connectivity index (χ4v) is 2.99. The highest BCUT2D eigenvalue weighted by atomic mass is 35.5. The highest BCUT2D eigenvalue weighted by Crippen LogP contribution is 2.31. The monoisotopic (exact) mass is 368 g/mol. The summed E-state index contributed by atoms with van der Waals surface area (Å²) < 4.78 is 11.2. The van der Waals surface area contributed by atoms with Crippen molar-refractivity contribution in [3.05, 3.63) is 70.9 Å². The number of ether oxygens (including phenoxy) is 1. The Labute approximate surface area is 156 Å². The minimum atomic E-state index is -0.422. The second-order valence-corrected chi connectivity index (χ2v) is 6.56. The summed E-state index contributed by atoms with van der Waals surface area (Å²) in [5.74, 6) is 1.58. The summed E-state index contributed by atoms with van der Waals surface area (Å²) in [4.78, 5) is 16.8. The van der Waals surface area contributed by atoms with Gasteiger partial charge in [-0.2, -0.15) is 4.98 Å². The van der Waals surface area contributed by atoms with Gasteiger partial charge in [-0.3, -0.25) is 0 Å². The normalized spacial score (nSPS) is 15.8. The lowest BCUT2D eigenvalue weighted by molar-refractivity contribution is -0.146. The Kier molecular flexibility index (Phi) is 4.63. The number of hydrogen-bond donors (Lipinski definition) is 1. The number of carbonyl (C=O) groups excluding carboxylic acids is 1. The third-order valence-electron chi connectivity index (χ3n) is 4.27. The van der Waals surface area contributed by atoms with Gasteiger partial charge in [0.05, 0.1) is 0 Å². The maximum Gasteiger partial charge on any atom is 0.328 e. The van der Waals surface area contributed by atoms with Crippen molar-refractivity contribution in [3.8, 4) is 11.5 Å². The van der Waals surface area contributed by atoms with E-state index < -0.39 is 6.04 Å². The quantitative estimate of drug-likeness (QED) is 0.688. The second kappa shape index (κ2) is 7.22. The number of halogens is 1. The molecule has 0 aliphatic carbocycles. The molecule has 0 amide bonds. The summed E-state index contributed by atoms with van der Waals surface area (Å²) >= 11 is 5.91. The van der Waals surface area contributed by atoms with Crippen molar-refractivity contribution in [1.82, 2.24) is 4.98 Å². The van der Waals surface area contributed by atoms with Gasteiger partial charge in [0, 0.05) is 17.0 Å². The Morgan fingerprint density at radius 1 is 1.19 bits per heavy atom. The molecule has 6 heteroatoms. The van der Waals surface area contributed by atoms with Gasteiger partial charge in [-0.05, 0) is 36.2 Å². The molecule has 0 bridgehead atoms. The van der Waals surface area contributed by atoms with Crippen molar-refractivity contribution >= 4 is 23.4 Å². The number of benzene rings is 2. The molecule has 1 aromatic heterocycles. The number of hydrogen-bond acceptors (Lipinski definition) is 5. The maximum atomic E-state index is 12.3. The molecule has 1 aliphatic heterocycles. The predicted molar refractivity (Wildman–Crippen MR) is 98.9 cm³/mol. The molecule has 1 N–H and O–H groups in total. The van der Waals surface area contributed by atoms with Gasteiger partial charge in [-0.25, -0.2) is 4.79 Å². The smallest absolute Gasteiger partial charge is 0.328 e. The number of esters is 1. The first-order valence-electron chi connectivity index (χ1n) is 8.42. The van der Waals surface area contributed by atoms with Gasteiger partial charge in [0.2, 0.25) is 5.89 Å². The van der Waals surface area contributed by atoms with Crippen molar-refractivity contribution in [3.63, 3.8) is 0 Å². The number of nitrogens with zero attached hydrogens (tertiary/aromatic N) is 1. The minimum absolute atomic E-state index is 0.263. The molecule has 1 aliphatic rings. The molecule has 1 atom stereocenters. The van der Waals surface area contributed by atoms with E-state index in [-0.39, 0.29) is 12.6 Å². The van der Waals surface area contributed by atoms with Gasteiger partial charge in [-0.15, -0.1) is 0 Å². The van der Waals surface area contributed by atoms with Crippen molar-refractivity contribution in [2.24, 2.45) is 0 Å². The molecule has 4 rings (SSSR count). The van der Waals surface area contributed by atoms with Crippen LogP contribution in [0.2, 0.25) is 5.02 Å². The average Bonchev–Trinajstić information content (AvgIpc) is 3.10. The summed E-state index contributed by atoms with van der Waals surface area (Å²) in [5.41, 5.74) is 1.80. The molecule has 0 saturated heterocycles. The molecule has 2 heterocycles. The van der Waals surface area contributed by atoms with E-state index in [0.29, 0.717) is 29.6 Å². The number of aromatic nitrogens is 1. The van der Waals surface area contributed by atoms with Crippen LogP contribution in [0, 0.1) is 0 Å². The first kappa shape index (κ1) is 16.7. The van der Waals surface area contributed by atoms with Crippen LogP contribution >= 0.6 is 11.6 Å². The SMILES string of the molecule is O=C(OCc1ccccc1)C1CCc2oc(-c3ccc(Cl)cc3)nc2N1. The van der Waals surface area contributed by atoms with Crippen molar-refractivity contribution in [2.75, 3.05) is 5.32 Å². The molecule has 0 fully saturated rings. The number of aryl methyl sites for hydroxylation is 1. The second-order valence-electron chi connectivity index (χ2n) is 6.13. The number of fused-ring (bicyclic) bond motifs is 1. The lowest BCUT2D eigenvalue weighted by Gasteiger charge is -2.21. The van der Waals surface area contributed by atoms with Gasteiger partial charge < -0.3 is 14.5 Å². The first-order valence-corrected chi connectivity index (χ1v) is 8.79. The fourth-order valence-electron chi connectivity index (χ4n) is 2.87. The van der Waals surface area contributed by atoms with Crippen LogP contribution in [0.4, 0.5) is 5.82 Å². The molecule has 0 saturated carbocycles. The number of rotatable bonds is 4. The van der Waals surface area contributed by atoms with Crippen LogP contribution in [0.25, 0.3) is 11.5 Å². The van der Waals surface area contributed by atoms with Crippen molar-refractivity contribution < 1.29 is 13.9 Å². The van der Waals surface area contributed by atoms with Gasteiger partial charge in [-0.1, -0.05) is 41.9 Å².